The highest BCUT2D eigenvalue weighted by atomic mass is 79.9. The van der Waals surface area contributed by atoms with Crippen LogP contribution in [0, 0.1) is 6.92 Å². The topological polar surface area (TPSA) is 64.7 Å². The highest BCUT2D eigenvalue weighted by Gasteiger charge is 2.11. The molecule has 2 heterocycles. The van der Waals surface area contributed by atoms with E-state index in [-0.39, 0.29) is 12.5 Å². The smallest absolute Gasteiger partial charge is 0.247 e. The summed E-state index contributed by atoms with van der Waals surface area (Å²) in [5.41, 5.74) is 1.81. The molecule has 0 unspecified atom stereocenters. The van der Waals surface area contributed by atoms with Gasteiger partial charge in [-0.3, -0.25) is 14.2 Å². The van der Waals surface area contributed by atoms with E-state index in [1.807, 2.05) is 13.0 Å². The minimum Gasteiger partial charge on any atom is -0.308 e. The lowest BCUT2D eigenvalue weighted by Crippen LogP contribution is -2.19. The van der Waals surface area contributed by atoms with Gasteiger partial charge < -0.3 is 5.32 Å². The van der Waals surface area contributed by atoms with Crippen LogP contribution in [0.15, 0.2) is 41.1 Å². The van der Waals surface area contributed by atoms with Crippen LogP contribution in [0.25, 0.3) is 0 Å². The van der Waals surface area contributed by atoms with Gasteiger partial charge >= 0.3 is 0 Å². The summed E-state index contributed by atoms with van der Waals surface area (Å²) >= 11 is 15.4. The fraction of sp³-hybridized carbons (Fsp3) is 0.188. The predicted molar refractivity (Wildman–Crippen MR) is 101 cm³/mol. The van der Waals surface area contributed by atoms with Crippen molar-refractivity contribution in [2.75, 3.05) is 5.32 Å². The summed E-state index contributed by atoms with van der Waals surface area (Å²) in [6, 6.07) is 7.15. The standard InChI is InChI=1S/C16H14BrCl2N5O/c1-10-4-15(21-16(25)9-23-8-12(17)6-20-23)22-24(10)7-11-2-3-13(18)5-14(11)19/h2-6,8H,7,9H2,1H3,(H,21,22,25). The van der Waals surface area contributed by atoms with E-state index >= 15 is 0 Å². The molecule has 6 nitrogen and oxygen atoms in total. The van der Waals surface area contributed by atoms with E-state index in [2.05, 4.69) is 31.4 Å². The van der Waals surface area contributed by atoms with Crippen LogP contribution in [0.3, 0.4) is 0 Å². The van der Waals surface area contributed by atoms with Gasteiger partial charge in [0.2, 0.25) is 5.91 Å². The number of nitrogens with one attached hydrogen (secondary N) is 1. The monoisotopic (exact) mass is 441 g/mol. The molecule has 0 saturated carbocycles. The molecule has 9 heteroatoms. The second kappa shape index (κ2) is 7.59. The first-order valence-corrected chi connectivity index (χ1v) is 8.92. The number of rotatable bonds is 5. The first-order valence-electron chi connectivity index (χ1n) is 7.37. The number of anilines is 1. The second-order valence-electron chi connectivity index (χ2n) is 5.47. The maximum atomic E-state index is 12.1. The fourth-order valence-electron chi connectivity index (χ4n) is 2.30. The van der Waals surface area contributed by atoms with E-state index in [9.17, 15) is 4.79 Å². The maximum Gasteiger partial charge on any atom is 0.247 e. The molecule has 0 spiro atoms. The fourth-order valence-corrected chi connectivity index (χ4v) is 3.09. The third-order valence-corrected chi connectivity index (χ3v) is 4.49. The zero-order chi connectivity index (χ0) is 18.0. The number of benzene rings is 1. The molecular weight excluding hydrogens is 429 g/mol. The van der Waals surface area contributed by atoms with E-state index in [4.69, 9.17) is 23.2 Å². The summed E-state index contributed by atoms with van der Waals surface area (Å²) in [4.78, 5) is 12.1. The molecule has 25 heavy (non-hydrogen) atoms. The molecule has 0 radical (unpaired) electrons. The number of carbonyl (C=O) groups excluding carboxylic acids is 1. The summed E-state index contributed by atoms with van der Waals surface area (Å²) in [5.74, 6) is 0.281. The Morgan fingerprint density at radius 3 is 2.80 bits per heavy atom. The zero-order valence-electron chi connectivity index (χ0n) is 13.2. The molecule has 0 saturated heterocycles. The van der Waals surface area contributed by atoms with Crippen molar-refractivity contribution in [1.82, 2.24) is 19.6 Å². The van der Waals surface area contributed by atoms with Gasteiger partial charge in [-0.1, -0.05) is 29.3 Å². The minimum atomic E-state index is -0.204. The highest BCUT2D eigenvalue weighted by Crippen LogP contribution is 2.22. The Morgan fingerprint density at radius 1 is 1.32 bits per heavy atom. The van der Waals surface area contributed by atoms with Crippen LogP contribution in [-0.2, 0) is 17.9 Å². The van der Waals surface area contributed by atoms with Gasteiger partial charge in [0.25, 0.3) is 0 Å². The van der Waals surface area contributed by atoms with Crippen molar-refractivity contribution >= 4 is 50.9 Å². The molecule has 130 valence electrons. The normalized spacial score (nSPS) is 10.9. The molecular formula is C16H14BrCl2N5O. The van der Waals surface area contributed by atoms with Crippen molar-refractivity contribution in [2.24, 2.45) is 0 Å². The van der Waals surface area contributed by atoms with Gasteiger partial charge in [-0.2, -0.15) is 10.2 Å². The van der Waals surface area contributed by atoms with E-state index in [1.54, 1.807) is 35.3 Å². The highest BCUT2D eigenvalue weighted by molar-refractivity contribution is 9.10. The van der Waals surface area contributed by atoms with E-state index in [0.717, 1.165) is 15.7 Å². The van der Waals surface area contributed by atoms with Crippen LogP contribution in [0.5, 0.6) is 0 Å². The van der Waals surface area contributed by atoms with E-state index in [0.29, 0.717) is 22.4 Å². The molecule has 3 rings (SSSR count). The van der Waals surface area contributed by atoms with E-state index < -0.39 is 0 Å². The number of halogens is 3. The minimum absolute atomic E-state index is 0.112. The molecule has 0 fully saturated rings. The summed E-state index contributed by atoms with van der Waals surface area (Å²) < 4.78 is 4.13. The van der Waals surface area contributed by atoms with Gasteiger partial charge in [0.1, 0.15) is 6.54 Å². The van der Waals surface area contributed by atoms with Crippen molar-refractivity contribution in [3.8, 4) is 0 Å². The third kappa shape index (κ3) is 4.62. The number of nitrogens with zero attached hydrogens (tertiary/aromatic N) is 4. The number of carbonyl (C=O) groups is 1. The van der Waals surface area contributed by atoms with Crippen LogP contribution >= 0.6 is 39.1 Å². The lowest BCUT2D eigenvalue weighted by atomic mass is 10.2. The zero-order valence-corrected chi connectivity index (χ0v) is 16.3. The molecule has 0 bridgehead atoms. The lowest BCUT2D eigenvalue weighted by Gasteiger charge is -2.07. The lowest BCUT2D eigenvalue weighted by molar-refractivity contribution is -0.116. The Hall–Kier alpha value is -1.83. The predicted octanol–water partition coefficient (Wildman–Crippen LogP) is 4.14. The van der Waals surface area contributed by atoms with Gasteiger partial charge in [-0.25, -0.2) is 0 Å². The van der Waals surface area contributed by atoms with Crippen LogP contribution < -0.4 is 5.32 Å². The van der Waals surface area contributed by atoms with Crippen molar-refractivity contribution in [2.45, 2.75) is 20.0 Å². The quantitative estimate of drug-likeness (QED) is 0.645. The largest absolute Gasteiger partial charge is 0.308 e. The van der Waals surface area contributed by atoms with Gasteiger partial charge in [-0.15, -0.1) is 0 Å². The van der Waals surface area contributed by atoms with Crippen molar-refractivity contribution < 1.29 is 4.79 Å². The van der Waals surface area contributed by atoms with Crippen molar-refractivity contribution in [3.63, 3.8) is 0 Å². The van der Waals surface area contributed by atoms with Gasteiger partial charge in [0.05, 0.1) is 17.2 Å². The SMILES string of the molecule is Cc1cc(NC(=O)Cn2cc(Br)cn2)nn1Cc1ccc(Cl)cc1Cl. The van der Waals surface area contributed by atoms with Gasteiger partial charge in [0, 0.05) is 28.0 Å². The average molecular weight is 443 g/mol. The third-order valence-electron chi connectivity index (χ3n) is 3.49. The number of amides is 1. The summed E-state index contributed by atoms with van der Waals surface area (Å²) in [5, 5.41) is 12.4. The molecule has 0 atom stereocenters. The molecule has 0 aliphatic carbocycles. The first kappa shape index (κ1) is 18.0. The van der Waals surface area contributed by atoms with E-state index in [1.165, 1.54) is 4.68 Å². The first-order chi connectivity index (χ1) is 11.9. The van der Waals surface area contributed by atoms with Crippen LogP contribution in [0.2, 0.25) is 10.0 Å². The Bertz CT molecular complexity index is 921. The Morgan fingerprint density at radius 2 is 2.12 bits per heavy atom. The van der Waals surface area contributed by atoms with Crippen LogP contribution in [0.4, 0.5) is 5.82 Å². The average Bonchev–Trinajstić information content (AvgIpc) is 3.08. The van der Waals surface area contributed by atoms with Gasteiger partial charge in [0.15, 0.2) is 5.82 Å². The summed E-state index contributed by atoms with van der Waals surface area (Å²) in [6.07, 6.45) is 3.36. The van der Waals surface area contributed by atoms with Crippen LogP contribution in [0.1, 0.15) is 11.3 Å². The van der Waals surface area contributed by atoms with Gasteiger partial charge in [-0.05, 0) is 40.5 Å². The number of aromatic nitrogens is 4. The Balaban J connectivity index is 1.68. The Kier molecular flexibility index (Phi) is 5.46. The number of aryl methyl sites for hydroxylation is 1. The molecule has 1 amide bonds. The summed E-state index contributed by atoms with van der Waals surface area (Å²) in [7, 11) is 0. The molecule has 0 aliphatic heterocycles. The van der Waals surface area contributed by atoms with Crippen molar-refractivity contribution in [3.05, 3.63) is 62.4 Å². The summed E-state index contributed by atoms with van der Waals surface area (Å²) in [6.45, 7) is 2.52. The number of hydrogen-bond acceptors (Lipinski definition) is 3. The maximum absolute atomic E-state index is 12.1. The molecule has 0 aliphatic rings. The molecule has 1 aromatic carbocycles. The molecule has 3 aromatic rings. The molecule has 1 N–H and O–H groups in total. The second-order valence-corrected chi connectivity index (χ2v) is 7.23. The van der Waals surface area contributed by atoms with Crippen LogP contribution in [-0.4, -0.2) is 25.5 Å². The Labute approximate surface area is 162 Å². The molecule has 2 aromatic heterocycles. The van der Waals surface area contributed by atoms with Crippen molar-refractivity contribution in [1.29, 1.82) is 0 Å². The number of hydrogen-bond donors (Lipinski definition) is 1.